The molecule has 0 bridgehead atoms. The van der Waals surface area contributed by atoms with Gasteiger partial charge in [0.05, 0.1) is 11.0 Å². The van der Waals surface area contributed by atoms with Crippen LogP contribution in [0.4, 0.5) is 18.9 Å². The second kappa shape index (κ2) is 8.20. The maximum Gasteiger partial charge on any atom is 0.449 e. The van der Waals surface area contributed by atoms with Gasteiger partial charge in [-0.15, -0.1) is 0 Å². The number of hydrogen-bond acceptors (Lipinski definition) is 3. The molecule has 1 amide bonds. The van der Waals surface area contributed by atoms with Crippen LogP contribution in [0.1, 0.15) is 63.2 Å². The Kier molecular flexibility index (Phi) is 5.90. The Labute approximate surface area is 159 Å². The molecule has 0 radical (unpaired) electrons. The smallest absolute Gasteiger partial charge is 0.449 e. The number of nitrogens with one attached hydrogen (secondary N) is 1. The van der Waals surface area contributed by atoms with E-state index in [1.807, 2.05) is 0 Å². The van der Waals surface area contributed by atoms with Crippen LogP contribution in [-0.4, -0.2) is 26.5 Å². The van der Waals surface area contributed by atoms with Crippen molar-refractivity contribution in [2.45, 2.75) is 63.6 Å². The number of hydrogen-bond donors (Lipinski definition) is 2. The van der Waals surface area contributed by atoms with Crippen molar-refractivity contribution in [3.8, 4) is 0 Å². The van der Waals surface area contributed by atoms with Gasteiger partial charge in [-0.2, -0.15) is 13.2 Å². The number of nitrogens with zero attached hydrogens (tertiary/aromatic N) is 2. The van der Waals surface area contributed by atoms with E-state index < -0.39 is 18.0 Å². The first-order valence-electron chi connectivity index (χ1n) is 9.36. The van der Waals surface area contributed by atoms with E-state index in [0.717, 1.165) is 19.3 Å². The SMILES string of the molecule is O=C(O)CCCC(=O)Nc1ccc2c(c1)nc(C(F)(F)F)n2C1CCCCC1. The van der Waals surface area contributed by atoms with E-state index in [9.17, 15) is 22.8 Å². The van der Waals surface area contributed by atoms with Crippen LogP contribution < -0.4 is 5.32 Å². The lowest BCUT2D eigenvalue weighted by atomic mass is 9.95. The normalized spacial score (nSPS) is 15.7. The van der Waals surface area contributed by atoms with Gasteiger partial charge < -0.3 is 15.0 Å². The van der Waals surface area contributed by atoms with Gasteiger partial charge in [0.1, 0.15) is 0 Å². The summed E-state index contributed by atoms with van der Waals surface area (Å²) in [5, 5.41) is 11.2. The molecule has 0 spiro atoms. The first-order chi connectivity index (χ1) is 13.3. The maximum absolute atomic E-state index is 13.6. The minimum absolute atomic E-state index is 0.0225. The molecule has 9 heteroatoms. The van der Waals surface area contributed by atoms with Crippen molar-refractivity contribution in [3.63, 3.8) is 0 Å². The number of aliphatic carboxylic acids is 1. The highest BCUT2D eigenvalue weighted by Gasteiger charge is 2.39. The number of carbonyl (C=O) groups is 2. The van der Waals surface area contributed by atoms with Crippen LogP contribution in [0.15, 0.2) is 18.2 Å². The number of carboxylic acid groups (broad SMARTS) is 1. The number of anilines is 1. The summed E-state index contributed by atoms with van der Waals surface area (Å²) >= 11 is 0. The van der Waals surface area contributed by atoms with Gasteiger partial charge in [0, 0.05) is 24.6 Å². The van der Waals surface area contributed by atoms with E-state index >= 15 is 0 Å². The van der Waals surface area contributed by atoms with Gasteiger partial charge >= 0.3 is 12.1 Å². The zero-order valence-electron chi connectivity index (χ0n) is 15.3. The summed E-state index contributed by atoms with van der Waals surface area (Å²) in [5.41, 5.74) is 0.930. The number of rotatable bonds is 6. The third kappa shape index (κ3) is 4.63. The molecule has 1 heterocycles. The lowest BCUT2D eigenvalue weighted by molar-refractivity contribution is -0.147. The van der Waals surface area contributed by atoms with Crippen LogP contribution in [0.3, 0.4) is 0 Å². The summed E-state index contributed by atoms with van der Waals surface area (Å²) in [5.74, 6) is -2.27. The number of benzene rings is 1. The number of imidazole rings is 1. The zero-order chi connectivity index (χ0) is 20.3. The average Bonchev–Trinajstić information content (AvgIpc) is 3.01. The van der Waals surface area contributed by atoms with Crippen LogP contribution in [-0.2, 0) is 15.8 Å². The predicted molar refractivity (Wildman–Crippen MR) is 97.0 cm³/mol. The first-order valence-corrected chi connectivity index (χ1v) is 9.36. The number of amides is 1. The highest BCUT2D eigenvalue weighted by molar-refractivity contribution is 5.93. The lowest BCUT2D eigenvalue weighted by Gasteiger charge is -2.26. The molecule has 6 nitrogen and oxygen atoms in total. The summed E-state index contributed by atoms with van der Waals surface area (Å²) < 4.78 is 42.0. The summed E-state index contributed by atoms with van der Waals surface area (Å²) in [6.45, 7) is 0. The van der Waals surface area contributed by atoms with Crippen molar-refractivity contribution in [1.82, 2.24) is 9.55 Å². The Morgan fingerprint density at radius 1 is 1.18 bits per heavy atom. The van der Waals surface area contributed by atoms with Gasteiger partial charge in [-0.1, -0.05) is 19.3 Å². The minimum atomic E-state index is -4.56. The highest BCUT2D eigenvalue weighted by Crippen LogP contribution is 2.38. The monoisotopic (exact) mass is 397 g/mol. The Balaban J connectivity index is 1.85. The molecule has 0 aliphatic heterocycles. The van der Waals surface area contributed by atoms with Crippen molar-refractivity contribution in [1.29, 1.82) is 0 Å². The fourth-order valence-corrected chi connectivity index (χ4v) is 3.71. The molecule has 0 saturated heterocycles. The predicted octanol–water partition coefficient (Wildman–Crippen LogP) is 4.75. The third-order valence-corrected chi connectivity index (χ3v) is 4.96. The summed E-state index contributed by atoms with van der Waals surface area (Å²) in [6.07, 6.45) is -0.259. The number of fused-ring (bicyclic) bond motifs is 1. The minimum Gasteiger partial charge on any atom is -0.481 e. The van der Waals surface area contributed by atoms with Gasteiger partial charge in [0.15, 0.2) is 0 Å². The summed E-state index contributed by atoms with van der Waals surface area (Å²) in [6, 6.07) is 4.31. The average molecular weight is 397 g/mol. The molecule has 3 rings (SSSR count). The van der Waals surface area contributed by atoms with Crippen molar-refractivity contribution < 1.29 is 27.9 Å². The van der Waals surface area contributed by atoms with Crippen LogP contribution in [0, 0.1) is 0 Å². The van der Waals surface area contributed by atoms with E-state index in [4.69, 9.17) is 5.11 Å². The topological polar surface area (TPSA) is 84.2 Å². The van der Waals surface area contributed by atoms with E-state index in [1.165, 1.54) is 10.6 Å². The molecular formula is C19H22F3N3O3. The fraction of sp³-hybridized carbons (Fsp3) is 0.526. The van der Waals surface area contributed by atoms with Crippen molar-refractivity contribution in [2.24, 2.45) is 0 Å². The Morgan fingerprint density at radius 2 is 1.89 bits per heavy atom. The molecule has 1 aliphatic carbocycles. The molecule has 28 heavy (non-hydrogen) atoms. The Morgan fingerprint density at radius 3 is 2.54 bits per heavy atom. The van der Waals surface area contributed by atoms with Crippen molar-refractivity contribution in [2.75, 3.05) is 5.32 Å². The molecule has 1 fully saturated rings. The van der Waals surface area contributed by atoms with Crippen molar-refractivity contribution >= 4 is 28.6 Å². The molecule has 152 valence electrons. The standard InChI is InChI=1S/C19H22F3N3O3/c20-19(21,22)18-24-14-11-12(23-16(26)7-4-8-17(27)28)9-10-15(14)25(18)13-5-2-1-3-6-13/h9-11,13H,1-8H2,(H,23,26)(H,27,28). The van der Waals surface area contributed by atoms with Crippen LogP contribution in [0.25, 0.3) is 11.0 Å². The second-order valence-corrected chi connectivity index (χ2v) is 7.09. The Bertz CT molecular complexity index is 870. The van der Waals surface area contributed by atoms with Crippen LogP contribution in [0.2, 0.25) is 0 Å². The highest BCUT2D eigenvalue weighted by atomic mass is 19.4. The van der Waals surface area contributed by atoms with E-state index in [1.54, 1.807) is 12.1 Å². The number of halogens is 3. The lowest BCUT2D eigenvalue weighted by Crippen LogP contribution is -2.21. The number of carboxylic acids is 1. The molecule has 0 atom stereocenters. The van der Waals surface area contributed by atoms with Gasteiger partial charge in [-0.3, -0.25) is 9.59 Å². The maximum atomic E-state index is 13.6. The van der Waals surface area contributed by atoms with E-state index in [-0.39, 0.29) is 36.7 Å². The number of carbonyl (C=O) groups excluding carboxylic acids is 1. The summed E-state index contributed by atoms with van der Waals surface area (Å²) in [7, 11) is 0. The molecular weight excluding hydrogens is 375 g/mol. The second-order valence-electron chi connectivity index (χ2n) is 7.09. The van der Waals surface area contributed by atoms with Gasteiger partial charge in [-0.25, -0.2) is 4.98 Å². The Hall–Kier alpha value is -2.58. The van der Waals surface area contributed by atoms with Crippen LogP contribution in [0.5, 0.6) is 0 Å². The summed E-state index contributed by atoms with van der Waals surface area (Å²) in [4.78, 5) is 26.2. The first kappa shape index (κ1) is 20.2. The van der Waals surface area contributed by atoms with Crippen LogP contribution >= 0.6 is 0 Å². The molecule has 1 aromatic heterocycles. The molecule has 2 aromatic rings. The molecule has 1 aliphatic rings. The van der Waals surface area contributed by atoms with Gasteiger partial charge in [-0.05, 0) is 37.5 Å². The van der Waals surface area contributed by atoms with Gasteiger partial charge in [0.2, 0.25) is 11.7 Å². The van der Waals surface area contributed by atoms with Crippen molar-refractivity contribution in [3.05, 3.63) is 24.0 Å². The molecule has 1 aromatic carbocycles. The number of alkyl halides is 3. The van der Waals surface area contributed by atoms with E-state index in [0.29, 0.717) is 24.0 Å². The molecule has 0 unspecified atom stereocenters. The number of aromatic nitrogens is 2. The zero-order valence-corrected chi connectivity index (χ0v) is 15.3. The third-order valence-electron chi connectivity index (χ3n) is 4.96. The van der Waals surface area contributed by atoms with E-state index in [2.05, 4.69) is 10.3 Å². The van der Waals surface area contributed by atoms with Gasteiger partial charge in [0.25, 0.3) is 0 Å². The molecule has 2 N–H and O–H groups in total. The quantitative estimate of drug-likeness (QED) is 0.737. The fourth-order valence-electron chi connectivity index (χ4n) is 3.71. The largest absolute Gasteiger partial charge is 0.481 e. The molecule has 1 saturated carbocycles.